The number of halogens is 1. The van der Waals surface area contributed by atoms with E-state index in [-0.39, 0.29) is 5.69 Å². The van der Waals surface area contributed by atoms with E-state index < -0.39 is 11.3 Å². The van der Waals surface area contributed by atoms with E-state index in [1.165, 1.54) is 10.7 Å². The van der Waals surface area contributed by atoms with Gasteiger partial charge in [-0.3, -0.25) is 9.59 Å². The molecule has 3 aromatic heterocycles. The Balaban J connectivity index is 1.27. The third-order valence-corrected chi connectivity index (χ3v) is 6.15. The van der Waals surface area contributed by atoms with Crippen LogP contribution < -0.4 is 10.7 Å². The molecule has 1 N–H and O–H groups in total. The van der Waals surface area contributed by atoms with Crippen LogP contribution in [0.25, 0.3) is 16.4 Å². The Morgan fingerprint density at radius 3 is 2.82 bits per heavy atom. The first-order chi connectivity index (χ1) is 16.0. The van der Waals surface area contributed by atoms with Crippen LogP contribution >= 0.6 is 22.9 Å². The molecule has 4 aromatic rings. The smallest absolute Gasteiger partial charge is 0.275 e. The molecule has 170 valence electrons. The van der Waals surface area contributed by atoms with Crippen molar-refractivity contribution >= 4 is 28.8 Å². The molecule has 0 atom stereocenters. The number of amides is 1. The largest absolute Gasteiger partial charge is 0.351 e. The molecule has 8 nitrogen and oxygen atoms in total. The number of hydrogen-bond donors (Lipinski definition) is 1. The third-order valence-electron chi connectivity index (χ3n) is 4.97. The van der Waals surface area contributed by atoms with Gasteiger partial charge in [0.25, 0.3) is 5.91 Å². The van der Waals surface area contributed by atoms with Gasteiger partial charge in [0.15, 0.2) is 5.69 Å². The van der Waals surface area contributed by atoms with E-state index in [1.54, 1.807) is 36.5 Å². The maximum Gasteiger partial charge on any atom is 0.275 e. The van der Waals surface area contributed by atoms with Crippen LogP contribution in [0, 0.1) is 6.92 Å². The third kappa shape index (κ3) is 5.55. The number of aromatic nitrogens is 4. The average molecular weight is 484 g/mol. The second-order valence-electron chi connectivity index (χ2n) is 7.42. The van der Waals surface area contributed by atoms with Gasteiger partial charge < -0.3 is 9.84 Å². The van der Waals surface area contributed by atoms with Gasteiger partial charge in [0.1, 0.15) is 0 Å². The molecule has 0 aliphatic rings. The number of carbonyl (C=O) groups is 1. The van der Waals surface area contributed by atoms with E-state index in [2.05, 4.69) is 20.6 Å². The van der Waals surface area contributed by atoms with E-state index in [9.17, 15) is 9.59 Å². The molecule has 0 saturated carbocycles. The number of para-hydroxylation sites is 1. The molecule has 33 heavy (non-hydrogen) atoms. The molecule has 0 fully saturated rings. The van der Waals surface area contributed by atoms with Crippen LogP contribution in [0.2, 0.25) is 5.02 Å². The number of benzene rings is 1. The number of nitrogens with one attached hydrogen (secondary N) is 1. The molecule has 0 aliphatic carbocycles. The van der Waals surface area contributed by atoms with Gasteiger partial charge in [-0.15, -0.1) is 11.3 Å². The van der Waals surface area contributed by atoms with Crippen LogP contribution in [0.1, 0.15) is 41.3 Å². The van der Waals surface area contributed by atoms with Gasteiger partial charge in [0, 0.05) is 24.7 Å². The summed E-state index contributed by atoms with van der Waals surface area (Å²) in [4.78, 5) is 30.3. The fourth-order valence-electron chi connectivity index (χ4n) is 3.30. The normalized spacial score (nSPS) is 11.0. The van der Waals surface area contributed by atoms with Gasteiger partial charge in [-0.1, -0.05) is 41.4 Å². The summed E-state index contributed by atoms with van der Waals surface area (Å²) in [5.41, 5.74) is 0.612. The lowest BCUT2D eigenvalue weighted by Gasteiger charge is -2.12. The fraction of sp³-hybridized carbons (Fsp3) is 0.261. The predicted octanol–water partition coefficient (Wildman–Crippen LogP) is 4.45. The number of hydrogen-bond acceptors (Lipinski definition) is 7. The van der Waals surface area contributed by atoms with E-state index in [0.29, 0.717) is 41.1 Å². The summed E-state index contributed by atoms with van der Waals surface area (Å²) in [7, 11) is 0. The SMILES string of the molecule is Cc1cc(=O)c(C(=O)NCCCCCc2nc(-c3cccs3)no2)nn1-c1ccccc1Cl. The second kappa shape index (κ2) is 10.5. The summed E-state index contributed by atoms with van der Waals surface area (Å²) < 4.78 is 6.80. The van der Waals surface area contributed by atoms with Crippen molar-refractivity contribution in [3.05, 3.63) is 80.4 Å². The molecule has 0 spiro atoms. The van der Waals surface area contributed by atoms with Gasteiger partial charge in [0.2, 0.25) is 17.1 Å². The van der Waals surface area contributed by atoms with Crippen LogP contribution in [0.15, 0.2) is 57.2 Å². The zero-order valence-corrected chi connectivity index (χ0v) is 19.5. The highest BCUT2D eigenvalue weighted by Gasteiger charge is 2.16. The maximum absolute atomic E-state index is 12.6. The van der Waals surface area contributed by atoms with Crippen molar-refractivity contribution in [1.29, 1.82) is 0 Å². The van der Waals surface area contributed by atoms with Crippen LogP contribution in [-0.4, -0.2) is 32.4 Å². The zero-order chi connectivity index (χ0) is 23.2. The van der Waals surface area contributed by atoms with Crippen LogP contribution in [0.3, 0.4) is 0 Å². The van der Waals surface area contributed by atoms with Gasteiger partial charge >= 0.3 is 0 Å². The molecular formula is C23H22ClN5O3S. The van der Waals surface area contributed by atoms with Crippen molar-refractivity contribution in [3.8, 4) is 16.4 Å². The van der Waals surface area contributed by atoms with E-state index in [1.807, 2.05) is 23.6 Å². The summed E-state index contributed by atoms with van der Waals surface area (Å²) in [5.74, 6) is 0.713. The molecule has 0 radical (unpaired) electrons. The van der Waals surface area contributed by atoms with Gasteiger partial charge in [0.05, 0.1) is 15.6 Å². The highest BCUT2D eigenvalue weighted by atomic mass is 35.5. The lowest BCUT2D eigenvalue weighted by molar-refractivity contribution is 0.0945. The standard InChI is InChI=1S/C23H22ClN5O3S/c1-15-14-18(30)21(27-29(15)17-9-5-4-8-16(17)24)23(31)25-12-6-2-3-11-20-26-22(28-32-20)19-10-7-13-33-19/h4-5,7-10,13-14H,2-3,6,11-12H2,1H3,(H,25,31). The molecule has 0 bridgehead atoms. The zero-order valence-electron chi connectivity index (χ0n) is 18.0. The molecule has 0 saturated heterocycles. The Hall–Kier alpha value is -3.30. The summed E-state index contributed by atoms with van der Waals surface area (Å²) >= 11 is 7.82. The highest BCUT2D eigenvalue weighted by molar-refractivity contribution is 7.13. The second-order valence-corrected chi connectivity index (χ2v) is 8.77. The minimum Gasteiger partial charge on any atom is -0.351 e. The Morgan fingerprint density at radius 2 is 2.03 bits per heavy atom. The van der Waals surface area contributed by atoms with Crippen molar-refractivity contribution in [2.24, 2.45) is 0 Å². The Kier molecular flexibility index (Phi) is 7.31. The molecule has 0 unspecified atom stereocenters. The van der Waals surface area contributed by atoms with E-state index >= 15 is 0 Å². The first-order valence-corrected chi connectivity index (χ1v) is 11.8. The molecular weight excluding hydrogens is 462 g/mol. The lowest BCUT2D eigenvalue weighted by atomic mass is 10.2. The number of rotatable bonds is 9. The van der Waals surface area contributed by atoms with Gasteiger partial charge in [-0.25, -0.2) is 4.68 Å². The van der Waals surface area contributed by atoms with Gasteiger partial charge in [-0.05, 0) is 43.3 Å². The first-order valence-electron chi connectivity index (χ1n) is 10.5. The minimum atomic E-state index is -0.502. The number of unbranched alkanes of at least 4 members (excludes halogenated alkanes) is 2. The summed E-state index contributed by atoms with van der Waals surface area (Å²) in [6, 6.07) is 12.4. The van der Waals surface area contributed by atoms with Crippen LogP contribution in [0.4, 0.5) is 0 Å². The Morgan fingerprint density at radius 1 is 1.18 bits per heavy atom. The van der Waals surface area contributed by atoms with Crippen molar-refractivity contribution < 1.29 is 9.32 Å². The summed E-state index contributed by atoms with van der Waals surface area (Å²) in [5, 5.41) is 13.5. The maximum atomic E-state index is 12.6. The molecule has 4 rings (SSSR count). The highest BCUT2D eigenvalue weighted by Crippen LogP contribution is 2.22. The van der Waals surface area contributed by atoms with Gasteiger partial charge in [-0.2, -0.15) is 10.1 Å². The van der Waals surface area contributed by atoms with Crippen LogP contribution in [-0.2, 0) is 6.42 Å². The monoisotopic (exact) mass is 483 g/mol. The van der Waals surface area contributed by atoms with Crippen molar-refractivity contribution in [2.75, 3.05) is 6.54 Å². The number of aryl methyl sites for hydroxylation is 2. The molecule has 1 aromatic carbocycles. The first kappa shape index (κ1) is 22.9. The Labute approximate surface area is 199 Å². The summed E-state index contributed by atoms with van der Waals surface area (Å²) in [6.07, 6.45) is 3.14. The topological polar surface area (TPSA) is 103 Å². The predicted molar refractivity (Wildman–Crippen MR) is 127 cm³/mol. The molecule has 1 amide bonds. The fourth-order valence-corrected chi connectivity index (χ4v) is 4.16. The number of thiophene rings is 1. The summed E-state index contributed by atoms with van der Waals surface area (Å²) in [6.45, 7) is 2.18. The quantitative estimate of drug-likeness (QED) is 0.353. The number of carbonyl (C=O) groups excluding carboxylic acids is 1. The number of nitrogens with zero attached hydrogens (tertiary/aromatic N) is 4. The van der Waals surface area contributed by atoms with Crippen molar-refractivity contribution in [1.82, 2.24) is 25.2 Å². The lowest BCUT2D eigenvalue weighted by Crippen LogP contribution is -2.32. The molecule has 0 aliphatic heterocycles. The minimum absolute atomic E-state index is 0.160. The van der Waals surface area contributed by atoms with E-state index in [0.717, 1.165) is 24.1 Å². The van der Waals surface area contributed by atoms with Crippen molar-refractivity contribution in [3.63, 3.8) is 0 Å². The average Bonchev–Trinajstić information content (AvgIpc) is 3.49. The van der Waals surface area contributed by atoms with E-state index in [4.69, 9.17) is 16.1 Å². The molecule has 10 heteroatoms. The molecule has 3 heterocycles. The van der Waals surface area contributed by atoms with Crippen molar-refractivity contribution in [2.45, 2.75) is 32.6 Å². The van der Waals surface area contributed by atoms with Crippen LogP contribution in [0.5, 0.6) is 0 Å². The Bertz CT molecular complexity index is 1300.